The molecule has 0 radical (unpaired) electrons. The smallest absolute Gasteiger partial charge is 0.317 e. The van der Waals surface area contributed by atoms with E-state index >= 15 is 0 Å². The molecular weight excluding hydrogens is 262 g/mol. The molecule has 1 aliphatic heterocycles. The maximum Gasteiger partial charge on any atom is 0.317 e. The zero-order valence-electron chi connectivity index (χ0n) is 13.5. The molecule has 0 aliphatic carbocycles. The number of carbonyl (C=O) groups excluding carboxylic acids is 1. The lowest BCUT2D eigenvalue weighted by Crippen LogP contribution is -2.52. The van der Waals surface area contributed by atoms with Gasteiger partial charge in [0, 0.05) is 38.4 Å². The van der Waals surface area contributed by atoms with E-state index in [9.17, 15) is 4.79 Å². The lowest BCUT2D eigenvalue weighted by molar-refractivity contribution is 0.194. The van der Waals surface area contributed by atoms with Crippen LogP contribution in [0.1, 0.15) is 30.9 Å². The molecule has 0 saturated carbocycles. The van der Waals surface area contributed by atoms with Crippen molar-refractivity contribution < 1.29 is 4.79 Å². The van der Waals surface area contributed by atoms with Gasteiger partial charge in [0.25, 0.3) is 0 Å². The Morgan fingerprint density at radius 3 is 2.48 bits per heavy atom. The Hall–Kier alpha value is -1.71. The van der Waals surface area contributed by atoms with Crippen molar-refractivity contribution in [1.29, 1.82) is 0 Å². The van der Waals surface area contributed by atoms with Crippen LogP contribution in [0, 0.1) is 13.8 Å². The minimum atomic E-state index is 0.0863. The predicted molar refractivity (Wildman–Crippen MR) is 88.0 cm³/mol. The van der Waals surface area contributed by atoms with E-state index in [1.54, 1.807) is 0 Å². The number of nitrogens with one attached hydrogen (secondary N) is 1. The normalized spacial score (nSPS) is 15.2. The summed E-state index contributed by atoms with van der Waals surface area (Å²) in [5, 5.41) is 2.99. The summed E-state index contributed by atoms with van der Waals surface area (Å²) in [7, 11) is 0. The van der Waals surface area contributed by atoms with Gasteiger partial charge in [0.2, 0.25) is 0 Å². The average molecular weight is 289 g/mol. The van der Waals surface area contributed by atoms with Crippen LogP contribution in [-0.4, -0.2) is 43.7 Å². The van der Waals surface area contributed by atoms with E-state index in [2.05, 4.69) is 49.2 Å². The summed E-state index contributed by atoms with van der Waals surface area (Å²) >= 11 is 0. The molecule has 1 saturated heterocycles. The zero-order valence-corrected chi connectivity index (χ0v) is 13.5. The van der Waals surface area contributed by atoms with Crippen molar-refractivity contribution in [2.75, 3.05) is 37.6 Å². The SMILES string of the molecule is CCCCNC(=O)N1CCN(c2ccc(C)c(C)c2)CC1. The first-order valence-electron chi connectivity index (χ1n) is 7.96. The molecule has 0 atom stereocenters. The van der Waals surface area contributed by atoms with Crippen LogP contribution in [0.4, 0.5) is 10.5 Å². The van der Waals surface area contributed by atoms with Gasteiger partial charge in [-0.05, 0) is 43.5 Å². The van der Waals surface area contributed by atoms with Crippen LogP contribution in [0.2, 0.25) is 0 Å². The van der Waals surface area contributed by atoms with E-state index in [0.29, 0.717) is 0 Å². The fraction of sp³-hybridized carbons (Fsp3) is 0.588. The third-order valence-electron chi connectivity index (χ3n) is 4.23. The molecule has 0 aromatic heterocycles. The van der Waals surface area contributed by atoms with Gasteiger partial charge in [0.15, 0.2) is 0 Å². The topological polar surface area (TPSA) is 35.6 Å². The van der Waals surface area contributed by atoms with Gasteiger partial charge >= 0.3 is 6.03 Å². The molecule has 1 N–H and O–H groups in total. The summed E-state index contributed by atoms with van der Waals surface area (Å²) < 4.78 is 0. The summed E-state index contributed by atoms with van der Waals surface area (Å²) in [6.45, 7) is 10.6. The van der Waals surface area contributed by atoms with E-state index in [-0.39, 0.29) is 6.03 Å². The Morgan fingerprint density at radius 1 is 1.14 bits per heavy atom. The highest BCUT2D eigenvalue weighted by atomic mass is 16.2. The fourth-order valence-corrected chi connectivity index (χ4v) is 2.57. The molecule has 21 heavy (non-hydrogen) atoms. The number of unbranched alkanes of at least 4 members (excludes halogenated alkanes) is 1. The van der Waals surface area contributed by atoms with Gasteiger partial charge in [0.05, 0.1) is 0 Å². The van der Waals surface area contributed by atoms with E-state index in [1.807, 2.05) is 4.90 Å². The molecule has 1 fully saturated rings. The zero-order chi connectivity index (χ0) is 15.2. The third-order valence-corrected chi connectivity index (χ3v) is 4.23. The molecule has 1 aromatic rings. The first kappa shape index (κ1) is 15.7. The number of benzene rings is 1. The molecule has 2 amide bonds. The second-order valence-corrected chi connectivity index (χ2v) is 5.83. The van der Waals surface area contributed by atoms with Crippen LogP contribution < -0.4 is 10.2 Å². The molecule has 4 nitrogen and oxygen atoms in total. The van der Waals surface area contributed by atoms with Gasteiger partial charge in [-0.25, -0.2) is 4.79 Å². The van der Waals surface area contributed by atoms with Gasteiger partial charge in [-0.2, -0.15) is 0 Å². The largest absolute Gasteiger partial charge is 0.368 e. The van der Waals surface area contributed by atoms with Gasteiger partial charge < -0.3 is 15.1 Å². The summed E-state index contributed by atoms with van der Waals surface area (Å²) in [6.07, 6.45) is 2.16. The van der Waals surface area contributed by atoms with E-state index in [1.165, 1.54) is 16.8 Å². The van der Waals surface area contributed by atoms with Gasteiger partial charge in [-0.3, -0.25) is 0 Å². The lowest BCUT2D eigenvalue weighted by atomic mass is 10.1. The Kier molecular flexibility index (Phi) is 5.48. The number of anilines is 1. The molecule has 2 rings (SSSR count). The number of carbonyl (C=O) groups is 1. The van der Waals surface area contributed by atoms with Crippen molar-refractivity contribution in [3.05, 3.63) is 29.3 Å². The van der Waals surface area contributed by atoms with Crippen molar-refractivity contribution >= 4 is 11.7 Å². The second-order valence-electron chi connectivity index (χ2n) is 5.83. The Bertz CT molecular complexity index is 479. The molecule has 1 aliphatic rings. The van der Waals surface area contributed by atoms with Crippen molar-refractivity contribution in [3.63, 3.8) is 0 Å². The molecule has 0 spiro atoms. The number of hydrogen-bond donors (Lipinski definition) is 1. The Labute approximate surface area is 128 Å². The van der Waals surface area contributed by atoms with Gasteiger partial charge in [0.1, 0.15) is 0 Å². The van der Waals surface area contributed by atoms with Crippen molar-refractivity contribution in [1.82, 2.24) is 10.2 Å². The van der Waals surface area contributed by atoms with E-state index in [4.69, 9.17) is 0 Å². The Morgan fingerprint density at radius 2 is 1.86 bits per heavy atom. The predicted octanol–water partition coefficient (Wildman–Crippen LogP) is 2.94. The van der Waals surface area contributed by atoms with Crippen LogP contribution in [-0.2, 0) is 0 Å². The maximum absolute atomic E-state index is 12.0. The van der Waals surface area contributed by atoms with Crippen LogP contribution in [0.3, 0.4) is 0 Å². The van der Waals surface area contributed by atoms with Crippen molar-refractivity contribution in [2.45, 2.75) is 33.6 Å². The molecule has 0 bridgehead atoms. The van der Waals surface area contributed by atoms with Gasteiger partial charge in [-0.1, -0.05) is 19.4 Å². The average Bonchev–Trinajstić information content (AvgIpc) is 2.50. The fourth-order valence-electron chi connectivity index (χ4n) is 2.57. The summed E-state index contributed by atoms with van der Waals surface area (Å²) in [4.78, 5) is 16.3. The highest BCUT2D eigenvalue weighted by Gasteiger charge is 2.20. The Balaban J connectivity index is 1.85. The van der Waals surface area contributed by atoms with E-state index < -0.39 is 0 Å². The van der Waals surface area contributed by atoms with Crippen LogP contribution in [0.25, 0.3) is 0 Å². The number of urea groups is 1. The van der Waals surface area contributed by atoms with Crippen LogP contribution >= 0.6 is 0 Å². The second kappa shape index (κ2) is 7.34. The molecular formula is C17H27N3O. The number of rotatable bonds is 4. The van der Waals surface area contributed by atoms with E-state index in [0.717, 1.165) is 45.6 Å². The maximum atomic E-state index is 12.0. The highest BCUT2D eigenvalue weighted by Crippen LogP contribution is 2.20. The molecule has 0 unspecified atom stereocenters. The van der Waals surface area contributed by atoms with Crippen LogP contribution in [0.5, 0.6) is 0 Å². The van der Waals surface area contributed by atoms with Gasteiger partial charge in [-0.15, -0.1) is 0 Å². The number of nitrogens with zero attached hydrogens (tertiary/aromatic N) is 2. The monoisotopic (exact) mass is 289 g/mol. The molecule has 116 valence electrons. The third kappa shape index (κ3) is 4.13. The van der Waals surface area contributed by atoms with Crippen molar-refractivity contribution in [2.24, 2.45) is 0 Å². The number of aryl methyl sites for hydroxylation is 2. The van der Waals surface area contributed by atoms with Crippen molar-refractivity contribution in [3.8, 4) is 0 Å². The summed E-state index contributed by atoms with van der Waals surface area (Å²) in [5.74, 6) is 0. The molecule has 1 aromatic carbocycles. The highest BCUT2D eigenvalue weighted by molar-refractivity contribution is 5.74. The summed E-state index contributed by atoms with van der Waals surface area (Å²) in [5.41, 5.74) is 3.92. The summed E-state index contributed by atoms with van der Waals surface area (Å²) in [6, 6.07) is 6.68. The molecule has 4 heteroatoms. The minimum absolute atomic E-state index is 0.0863. The lowest BCUT2D eigenvalue weighted by Gasteiger charge is -2.36. The number of amides is 2. The first-order chi connectivity index (χ1) is 10.1. The molecule has 1 heterocycles. The van der Waals surface area contributed by atoms with Crippen LogP contribution in [0.15, 0.2) is 18.2 Å². The first-order valence-corrected chi connectivity index (χ1v) is 7.96. The number of piperazine rings is 1. The minimum Gasteiger partial charge on any atom is -0.368 e. The quantitative estimate of drug-likeness (QED) is 0.865. The number of hydrogen-bond acceptors (Lipinski definition) is 2. The standard InChI is InChI=1S/C17H27N3O/c1-4-5-8-18-17(21)20-11-9-19(10-12-20)16-7-6-14(2)15(3)13-16/h6-7,13H,4-5,8-12H2,1-3H3,(H,18,21).